The molecule has 0 radical (unpaired) electrons. The van der Waals surface area contributed by atoms with E-state index in [9.17, 15) is 19.2 Å². The number of imide groups is 2. The Labute approximate surface area is 231 Å². The molecule has 4 bridgehead atoms. The van der Waals surface area contributed by atoms with Gasteiger partial charge in [-0.25, -0.2) is 9.80 Å². The molecule has 2 aromatic carbocycles. The first kappa shape index (κ1) is 23.7. The minimum atomic E-state index is -0.287. The molecule has 0 N–H and O–H groups in total. The number of anilines is 2. The van der Waals surface area contributed by atoms with Crippen LogP contribution in [-0.2, 0) is 19.2 Å². The number of hydrogen-bond donors (Lipinski definition) is 0. The molecule has 8 rings (SSSR count). The van der Waals surface area contributed by atoms with E-state index in [0.29, 0.717) is 22.9 Å². The quantitative estimate of drug-likeness (QED) is 0.424. The van der Waals surface area contributed by atoms with Gasteiger partial charge in [-0.3, -0.25) is 19.2 Å². The van der Waals surface area contributed by atoms with Crippen molar-refractivity contribution in [2.45, 2.75) is 12.8 Å². The Balaban J connectivity index is 1.11. The Morgan fingerprint density at radius 2 is 0.875 bits per heavy atom. The van der Waals surface area contributed by atoms with E-state index in [0.717, 1.165) is 24.0 Å². The fraction of sp³-hybridized carbons (Fsp3) is 0.375. The molecule has 0 aromatic heterocycles. The molecule has 40 heavy (non-hydrogen) atoms. The summed E-state index contributed by atoms with van der Waals surface area (Å²) in [5, 5.41) is 0. The van der Waals surface area contributed by atoms with Gasteiger partial charge in [0.25, 0.3) is 0 Å². The third-order valence-electron chi connectivity index (χ3n) is 10.1. The number of nitrogens with zero attached hydrogens (tertiary/aromatic N) is 2. The summed E-state index contributed by atoms with van der Waals surface area (Å²) in [4.78, 5) is 56.1. The van der Waals surface area contributed by atoms with Crippen LogP contribution >= 0.6 is 0 Å². The van der Waals surface area contributed by atoms with E-state index >= 15 is 0 Å². The summed E-state index contributed by atoms with van der Waals surface area (Å²) in [7, 11) is 3.04. The van der Waals surface area contributed by atoms with Gasteiger partial charge in [0.05, 0.1) is 49.3 Å². The lowest BCUT2D eigenvalue weighted by Crippen LogP contribution is -2.33. The van der Waals surface area contributed by atoms with Crippen LogP contribution in [-0.4, -0.2) is 37.8 Å². The van der Waals surface area contributed by atoms with Gasteiger partial charge in [-0.15, -0.1) is 0 Å². The average molecular weight is 537 g/mol. The second kappa shape index (κ2) is 8.16. The predicted octanol–water partition coefficient (Wildman–Crippen LogP) is 3.99. The number of carbonyl (C=O) groups is 4. The molecule has 2 aromatic rings. The molecule has 8 atom stereocenters. The Kier molecular flexibility index (Phi) is 4.83. The maximum atomic E-state index is 13.4. The normalized spacial score (nSPS) is 34.5. The van der Waals surface area contributed by atoms with E-state index < -0.39 is 0 Å². The average Bonchev–Trinajstić information content (AvgIpc) is 3.81. The first-order valence-corrected chi connectivity index (χ1v) is 13.9. The molecule has 202 valence electrons. The van der Waals surface area contributed by atoms with E-state index in [1.807, 2.05) is 12.1 Å². The number of benzene rings is 2. The van der Waals surface area contributed by atoms with E-state index in [2.05, 4.69) is 24.3 Å². The van der Waals surface area contributed by atoms with Gasteiger partial charge in [-0.05, 0) is 71.9 Å². The summed E-state index contributed by atoms with van der Waals surface area (Å²) in [6.07, 6.45) is 10.1. The van der Waals surface area contributed by atoms with Crippen LogP contribution in [0.4, 0.5) is 11.4 Å². The Hall–Kier alpha value is -4.20. The molecule has 2 saturated heterocycles. The smallest absolute Gasteiger partial charge is 0.238 e. The molecule has 4 aliphatic carbocycles. The van der Waals surface area contributed by atoms with Crippen molar-refractivity contribution in [2.75, 3.05) is 24.0 Å². The van der Waals surface area contributed by atoms with Crippen LogP contribution in [0.3, 0.4) is 0 Å². The predicted molar refractivity (Wildman–Crippen MR) is 145 cm³/mol. The van der Waals surface area contributed by atoms with Gasteiger partial charge >= 0.3 is 0 Å². The van der Waals surface area contributed by atoms with Gasteiger partial charge in [-0.1, -0.05) is 36.4 Å². The van der Waals surface area contributed by atoms with Crippen molar-refractivity contribution < 1.29 is 28.7 Å². The molecule has 4 amide bonds. The van der Waals surface area contributed by atoms with Crippen LogP contribution in [0, 0.1) is 47.3 Å². The monoisotopic (exact) mass is 536 g/mol. The van der Waals surface area contributed by atoms with Crippen molar-refractivity contribution in [2.24, 2.45) is 47.3 Å². The lowest BCUT2D eigenvalue weighted by atomic mass is 9.85. The highest BCUT2D eigenvalue weighted by molar-refractivity contribution is 6.24. The standard InChI is InChI=1S/C32H28N2O6/c1-39-23-13-15(7-9-21(23)33-29(35)25-17-3-4-18(11-17)26(25)30(33)36)16-8-10-22(24(14-16)40-2)34-31(37)27-19-5-6-20(12-19)28(27)32(34)38/h3-10,13-14,17-20,25-28H,11-12H2,1-2H3/t17-,18-,19-,20-,25-,26+,27-,28+/m0/s1. The molecular formula is C32H28N2O6. The SMILES string of the molecule is COc1cc(-c2ccc(N3C(=O)[C@@H]4[C@H](C3=O)[C@H]3C=C[C@H]4C3)c(OC)c2)ccc1N1C(=O)[C@@H]2[C@H](C1=O)[C@H]1C=C[C@H]2C1. The lowest BCUT2D eigenvalue weighted by Gasteiger charge is -2.22. The Morgan fingerprint density at radius 1 is 0.550 bits per heavy atom. The zero-order valence-electron chi connectivity index (χ0n) is 22.2. The van der Waals surface area contributed by atoms with E-state index in [4.69, 9.17) is 9.47 Å². The summed E-state index contributed by atoms with van der Waals surface area (Å²) in [6.45, 7) is 0. The summed E-state index contributed by atoms with van der Waals surface area (Å²) in [6, 6.07) is 10.8. The minimum Gasteiger partial charge on any atom is -0.495 e. The van der Waals surface area contributed by atoms with E-state index in [-0.39, 0.29) is 71.0 Å². The highest BCUT2D eigenvalue weighted by Gasteiger charge is 2.61. The second-order valence-electron chi connectivity index (χ2n) is 11.8. The van der Waals surface area contributed by atoms with Crippen molar-refractivity contribution in [3.8, 4) is 22.6 Å². The van der Waals surface area contributed by atoms with Crippen LogP contribution in [0.25, 0.3) is 11.1 Å². The van der Waals surface area contributed by atoms with E-state index in [1.54, 1.807) is 24.3 Å². The fourth-order valence-corrected chi connectivity index (χ4v) is 8.36. The number of hydrogen-bond acceptors (Lipinski definition) is 6. The number of rotatable bonds is 5. The molecular weight excluding hydrogens is 508 g/mol. The van der Waals surface area contributed by atoms with E-state index in [1.165, 1.54) is 24.0 Å². The van der Waals surface area contributed by atoms with Crippen LogP contribution in [0.5, 0.6) is 11.5 Å². The fourth-order valence-electron chi connectivity index (χ4n) is 8.36. The van der Waals surface area contributed by atoms with Crippen LogP contribution in [0.15, 0.2) is 60.7 Å². The Bertz CT molecular complexity index is 1410. The van der Waals surface area contributed by atoms with Gasteiger partial charge < -0.3 is 9.47 Å². The molecule has 2 saturated carbocycles. The zero-order valence-corrected chi connectivity index (χ0v) is 22.2. The number of ether oxygens (including phenoxy) is 2. The molecule has 6 aliphatic rings. The van der Waals surface area contributed by atoms with Crippen molar-refractivity contribution in [1.82, 2.24) is 0 Å². The maximum Gasteiger partial charge on any atom is 0.238 e. The largest absolute Gasteiger partial charge is 0.495 e. The minimum absolute atomic E-state index is 0.132. The third-order valence-corrected chi connectivity index (χ3v) is 10.1. The number of carbonyl (C=O) groups excluding carboxylic acids is 4. The van der Waals surface area contributed by atoms with Gasteiger partial charge in [0.2, 0.25) is 23.6 Å². The maximum absolute atomic E-state index is 13.4. The zero-order chi connectivity index (χ0) is 27.4. The summed E-state index contributed by atoms with van der Waals surface area (Å²) in [5.41, 5.74) is 2.46. The van der Waals surface area contributed by atoms with Crippen molar-refractivity contribution in [3.63, 3.8) is 0 Å². The molecule has 8 heteroatoms. The second-order valence-corrected chi connectivity index (χ2v) is 11.8. The number of fused-ring (bicyclic) bond motifs is 10. The lowest BCUT2D eigenvalue weighted by molar-refractivity contribution is -0.124. The molecule has 2 aliphatic heterocycles. The van der Waals surface area contributed by atoms with Crippen molar-refractivity contribution in [1.29, 1.82) is 0 Å². The topological polar surface area (TPSA) is 93.2 Å². The van der Waals surface area contributed by atoms with Crippen LogP contribution < -0.4 is 19.3 Å². The number of methoxy groups -OCH3 is 2. The van der Waals surface area contributed by atoms with Gasteiger partial charge in [0, 0.05) is 0 Å². The van der Waals surface area contributed by atoms with Crippen molar-refractivity contribution >= 4 is 35.0 Å². The summed E-state index contributed by atoms with van der Waals surface area (Å²) < 4.78 is 11.3. The molecule has 0 spiro atoms. The van der Waals surface area contributed by atoms with Crippen molar-refractivity contribution in [3.05, 3.63) is 60.7 Å². The first-order valence-electron chi connectivity index (χ1n) is 13.9. The van der Waals surface area contributed by atoms with Crippen LogP contribution in [0.2, 0.25) is 0 Å². The summed E-state index contributed by atoms with van der Waals surface area (Å²) >= 11 is 0. The summed E-state index contributed by atoms with van der Waals surface area (Å²) in [5.74, 6) is -0.399. The molecule has 0 unspecified atom stereocenters. The molecule has 8 nitrogen and oxygen atoms in total. The molecule has 2 heterocycles. The number of amides is 4. The van der Waals surface area contributed by atoms with Crippen LogP contribution in [0.1, 0.15) is 12.8 Å². The highest BCUT2D eigenvalue weighted by Crippen LogP contribution is 2.55. The highest BCUT2D eigenvalue weighted by atomic mass is 16.5. The van der Waals surface area contributed by atoms with Gasteiger partial charge in [-0.2, -0.15) is 0 Å². The molecule has 4 fully saturated rings. The Morgan fingerprint density at radius 3 is 1.18 bits per heavy atom. The first-order chi connectivity index (χ1) is 19.4. The van der Waals surface area contributed by atoms with Gasteiger partial charge in [0.15, 0.2) is 0 Å². The third kappa shape index (κ3) is 2.91. The number of allylic oxidation sites excluding steroid dienone is 4. The van der Waals surface area contributed by atoms with Gasteiger partial charge in [0.1, 0.15) is 11.5 Å².